The minimum Gasteiger partial charge on any atom is -0.342 e. The summed E-state index contributed by atoms with van der Waals surface area (Å²) in [6.07, 6.45) is 3.67. The number of amides is 1. The lowest BCUT2D eigenvalue weighted by Gasteiger charge is -2.14. The van der Waals surface area contributed by atoms with Crippen LogP contribution in [0.4, 0.5) is 0 Å². The standard InChI is InChI=1S/C17H17ClN6OS/c18-13-5-3-12(4-6-13)9-24-16-15(21-22-24)17(20-11-19-16)26-10-14(25)23-7-1-2-8-23/h3-6,11H,1-2,7-10H2. The maximum absolute atomic E-state index is 12.2. The topological polar surface area (TPSA) is 76.8 Å². The molecular weight excluding hydrogens is 372 g/mol. The first-order valence-electron chi connectivity index (χ1n) is 8.40. The summed E-state index contributed by atoms with van der Waals surface area (Å²) >= 11 is 7.32. The normalized spacial score (nSPS) is 14.3. The van der Waals surface area contributed by atoms with Gasteiger partial charge < -0.3 is 4.90 Å². The molecule has 1 aliphatic heterocycles. The summed E-state index contributed by atoms with van der Waals surface area (Å²) in [5.41, 5.74) is 2.34. The van der Waals surface area contributed by atoms with Crippen molar-refractivity contribution >= 4 is 40.4 Å². The lowest BCUT2D eigenvalue weighted by Crippen LogP contribution is -2.29. The number of hydrogen-bond acceptors (Lipinski definition) is 6. The van der Waals surface area contributed by atoms with E-state index in [0.717, 1.165) is 31.5 Å². The summed E-state index contributed by atoms with van der Waals surface area (Å²) < 4.78 is 1.73. The van der Waals surface area contributed by atoms with Crippen LogP contribution in [0.25, 0.3) is 11.2 Å². The summed E-state index contributed by atoms with van der Waals surface area (Å²) in [7, 11) is 0. The maximum Gasteiger partial charge on any atom is 0.232 e. The molecule has 134 valence electrons. The molecule has 0 spiro atoms. The fourth-order valence-electron chi connectivity index (χ4n) is 2.93. The predicted octanol–water partition coefficient (Wildman–Crippen LogP) is 2.64. The van der Waals surface area contributed by atoms with Gasteiger partial charge in [0, 0.05) is 18.1 Å². The smallest absolute Gasteiger partial charge is 0.232 e. The third-order valence-corrected chi connectivity index (χ3v) is 5.52. The van der Waals surface area contributed by atoms with Crippen molar-refractivity contribution in [2.75, 3.05) is 18.8 Å². The van der Waals surface area contributed by atoms with Gasteiger partial charge in [0.25, 0.3) is 0 Å². The molecule has 1 amide bonds. The summed E-state index contributed by atoms with van der Waals surface area (Å²) in [6, 6.07) is 7.58. The number of rotatable bonds is 5. The number of carbonyl (C=O) groups is 1. The zero-order valence-corrected chi connectivity index (χ0v) is 15.6. The second-order valence-electron chi connectivity index (χ2n) is 6.10. The van der Waals surface area contributed by atoms with Crippen LogP contribution in [0.3, 0.4) is 0 Å². The average molecular weight is 389 g/mol. The van der Waals surface area contributed by atoms with Gasteiger partial charge in [0.15, 0.2) is 11.2 Å². The van der Waals surface area contributed by atoms with E-state index < -0.39 is 0 Å². The molecule has 4 rings (SSSR count). The van der Waals surface area contributed by atoms with Crippen LogP contribution in [0.1, 0.15) is 18.4 Å². The van der Waals surface area contributed by atoms with Gasteiger partial charge in [-0.2, -0.15) is 0 Å². The molecule has 1 aliphatic rings. The maximum atomic E-state index is 12.2. The lowest BCUT2D eigenvalue weighted by molar-refractivity contribution is -0.127. The highest BCUT2D eigenvalue weighted by Gasteiger charge is 2.19. The van der Waals surface area contributed by atoms with Crippen molar-refractivity contribution in [3.63, 3.8) is 0 Å². The zero-order valence-electron chi connectivity index (χ0n) is 14.0. The Hall–Kier alpha value is -2.19. The van der Waals surface area contributed by atoms with Gasteiger partial charge in [0.05, 0.1) is 12.3 Å². The molecule has 0 saturated carbocycles. The van der Waals surface area contributed by atoms with Crippen LogP contribution >= 0.6 is 23.4 Å². The Labute approximate surface area is 159 Å². The predicted molar refractivity (Wildman–Crippen MR) is 100 cm³/mol. The van der Waals surface area contributed by atoms with E-state index in [4.69, 9.17) is 11.6 Å². The van der Waals surface area contributed by atoms with Crippen molar-refractivity contribution in [1.82, 2.24) is 29.9 Å². The van der Waals surface area contributed by atoms with Gasteiger partial charge in [-0.05, 0) is 30.5 Å². The Kier molecular flexibility index (Phi) is 5.03. The largest absolute Gasteiger partial charge is 0.342 e. The number of likely N-dealkylation sites (tertiary alicyclic amines) is 1. The quantitative estimate of drug-likeness (QED) is 0.494. The highest BCUT2D eigenvalue weighted by atomic mass is 35.5. The van der Waals surface area contributed by atoms with Gasteiger partial charge in [0.1, 0.15) is 11.4 Å². The molecule has 2 aromatic heterocycles. The molecule has 0 unspecified atom stereocenters. The van der Waals surface area contributed by atoms with Crippen LogP contribution in [0.2, 0.25) is 5.02 Å². The van der Waals surface area contributed by atoms with Crippen LogP contribution in [-0.2, 0) is 11.3 Å². The minimum absolute atomic E-state index is 0.146. The Morgan fingerprint density at radius 3 is 2.69 bits per heavy atom. The van der Waals surface area contributed by atoms with E-state index in [1.807, 2.05) is 29.2 Å². The van der Waals surface area contributed by atoms with E-state index >= 15 is 0 Å². The number of fused-ring (bicyclic) bond motifs is 1. The Balaban J connectivity index is 1.51. The fourth-order valence-corrected chi connectivity index (χ4v) is 3.89. The Bertz CT molecular complexity index is 923. The van der Waals surface area contributed by atoms with E-state index in [0.29, 0.717) is 33.5 Å². The Morgan fingerprint density at radius 1 is 1.15 bits per heavy atom. The number of hydrogen-bond donors (Lipinski definition) is 0. The van der Waals surface area contributed by atoms with Crippen molar-refractivity contribution in [1.29, 1.82) is 0 Å². The molecule has 1 fully saturated rings. The molecule has 26 heavy (non-hydrogen) atoms. The number of nitrogens with zero attached hydrogens (tertiary/aromatic N) is 6. The number of benzene rings is 1. The molecular formula is C17H17ClN6OS. The van der Waals surface area contributed by atoms with E-state index in [2.05, 4.69) is 20.3 Å². The molecule has 9 heteroatoms. The molecule has 7 nitrogen and oxygen atoms in total. The lowest BCUT2D eigenvalue weighted by atomic mass is 10.2. The minimum atomic E-state index is 0.146. The van der Waals surface area contributed by atoms with Gasteiger partial charge in [0.2, 0.25) is 5.91 Å². The highest BCUT2D eigenvalue weighted by Crippen LogP contribution is 2.24. The average Bonchev–Trinajstić information content (AvgIpc) is 3.32. The van der Waals surface area contributed by atoms with Crippen LogP contribution in [-0.4, -0.2) is 54.6 Å². The van der Waals surface area contributed by atoms with Gasteiger partial charge in [-0.1, -0.05) is 40.7 Å². The summed E-state index contributed by atoms with van der Waals surface area (Å²) in [6.45, 7) is 2.26. The van der Waals surface area contributed by atoms with E-state index in [-0.39, 0.29) is 5.91 Å². The number of aromatic nitrogens is 5. The molecule has 3 aromatic rings. The SMILES string of the molecule is O=C(CSc1ncnc2c1nnn2Cc1ccc(Cl)cc1)N1CCCC1. The molecule has 3 heterocycles. The van der Waals surface area contributed by atoms with Crippen molar-refractivity contribution in [2.45, 2.75) is 24.4 Å². The highest BCUT2D eigenvalue weighted by molar-refractivity contribution is 8.00. The van der Waals surface area contributed by atoms with Gasteiger partial charge >= 0.3 is 0 Å². The van der Waals surface area contributed by atoms with Crippen LogP contribution in [0.15, 0.2) is 35.6 Å². The van der Waals surface area contributed by atoms with Gasteiger partial charge in [-0.25, -0.2) is 14.6 Å². The van der Waals surface area contributed by atoms with Crippen molar-refractivity contribution in [3.8, 4) is 0 Å². The fraction of sp³-hybridized carbons (Fsp3) is 0.353. The number of thioether (sulfide) groups is 1. The molecule has 1 saturated heterocycles. The second-order valence-corrected chi connectivity index (χ2v) is 7.50. The van der Waals surface area contributed by atoms with Crippen molar-refractivity contribution in [3.05, 3.63) is 41.2 Å². The summed E-state index contributed by atoms with van der Waals surface area (Å²) in [5, 5.41) is 9.81. The molecule has 0 atom stereocenters. The zero-order chi connectivity index (χ0) is 17.9. The molecule has 0 bridgehead atoms. The molecule has 1 aromatic carbocycles. The van der Waals surface area contributed by atoms with Crippen LogP contribution < -0.4 is 0 Å². The Morgan fingerprint density at radius 2 is 1.92 bits per heavy atom. The van der Waals surface area contributed by atoms with Crippen molar-refractivity contribution in [2.24, 2.45) is 0 Å². The van der Waals surface area contributed by atoms with Crippen molar-refractivity contribution < 1.29 is 4.79 Å². The molecule has 0 radical (unpaired) electrons. The van der Waals surface area contributed by atoms with Gasteiger partial charge in [-0.15, -0.1) is 5.10 Å². The number of halogens is 1. The van der Waals surface area contributed by atoms with Gasteiger partial charge in [-0.3, -0.25) is 4.79 Å². The monoisotopic (exact) mass is 388 g/mol. The molecule has 0 aliphatic carbocycles. The third kappa shape index (κ3) is 3.66. The first-order chi connectivity index (χ1) is 12.7. The van der Waals surface area contributed by atoms with Crippen LogP contribution in [0.5, 0.6) is 0 Å². The summed E-state index contributed by atoms with van der Waals surface area (Å²) in [5.74, 6) is 0.503. The van der Waals surface area contributed by atoms with E-state index in [9.17, 15) is 4.79 Å². The second kappa shape index (κ2) is 7.59. The van der Waals surface area contributed by atoms with E-state index in [1.165, 1.54) is 18.1 Å². The molecule has 0 N–H and O–H groups in total. The van der Waals surface area contributed by atoms with E-state index in [1.54, 1.807) is 4.68 Å². The summed E-state index contributed by atoms with van der Waals surface area (Å²) in [4.78, 5) is 22.7. The van der Waals surface area contributed by atoms with Crippen LogP contribution in [0, 0.1) is 0 Å². The number of carbonyl (C=O) groups excluding carboxylic acids is 1. The third-order valence-electron chi connectivity index (χ3n) is 4.30. The first kappa shape index (κ1) is 17.2. The first-order valence-corrected chi connectivity index (χ1v) is 9.76.